The molecule has 1 aliphatic rings. The number of benzene rings is 2. The topological polar surface area (TPSA) is 67.2 Å². The number of nitrogens with zero attached hydrogens (tertiary/aromatic N) is 3. The fraction of sp³-hybridized carbons (Fsp3) is 0.321. The Morgan fingerprint density at radius 3 is 2.61 bits per heavy atom. The van der Waals surface area contributed by atoms with E-state index in [2.05, 4.69) is 17.1 Å². The number of carbonyl (C=O) groups excluding carboxylic acids is 1. The number of hydrogen-bond donors (Lipinski definition) is 1. The number of aryl methyl sites for hydroxylation is 3. The molecular formula is C28H30N4O2S2. The summed E-state index contributed by atoms with van der Waals surface area (Å²) in [6, 6.07) is 13.9. The summed E-state index contributed by atoms with van der Waals surface area (Å²) < 4.78 is 1.68. The van der Waals surface area contributed by atoms with Gasteiger partial charge in [-0.15, -0.1) is 11.3 Å². The van der Waals surface area contributed by atoms with Crippen molar-refractivity contribution in [3.63, 3.8) is 0 Å². The number of anilines is 1. The number of likely N-dealkylation sites (N-methyl/N-ethyl adjacent to an activating group) is 1. The monoisotopic (exact) mass is 518 g/mol. The molecule has 0 fully saturated rings. The van der Waals surface area contributed by atoms with E-state index in [0.29, 0.717) is 5.16 Å². The van der Waals surface area contributed by atoms with Gasteiger partial charge < -0.3 is 5.32 Å². The Bertz CT molecular complexity index is 1510. The summed E-state index contributed by atoms with van der Waals surface area (Å²) in [6.07, 6.45) is 0.860. The van der Waals surface area contributed by atoms with Crippen LogP contribution < -0.4 is 10.9 Å². The fourth-order valence-electron chi connectivity index (χ4n) is 4.55. The molecule has 3 heterocycles. The molecule has 2 aromatic heterocycles. The zero-order valence-electron chi connectivity index (χ0n) is 21.1. The SMILES string of the molecule is CCN1CCc2c(sc3nc(SCC(=O)Nc4cc(C)ccc4C)n(-c4ccc(C)cc4)c(=O)c23)C1. The predicted octanol–water partition coefficient (Wildman–Crippen LogP) is 5.48. The molecule has 0 radical (unpaired) electrons. The van der Waals surface area contributed by atoms with Gasteiger partial charge in [0.15, 0.2) is 5.16 Å². The van der Waals surface area contributed by atoms with Gasteiger partial charge in [0.1, 0.15) is 4.83 Å². The first-order valence-electron chi connectivity index (χ1n) is 12.2. The summed E-state index contributed by atoms with van der Waals surface area (Å²) in [4.78, 5) is 36.1. The van der Waals surface area contributed by atoms with Crippen molar-refractivity contribution < 1.29 is 4.79 Å². The molecule has 0 atom stereocenters. The molecule has 0 aliphatic carbocycles. The molecule has 6 nitrogen and oxygen atoms in total. The van der Waals surface area contributed by atoms with E-state index in [4.69, 9.17) is 4.98 Å². The number of aromatic nitrogens is 2. The minimum atomic E-state index is -0.123. The molecular weight excluding hydrogens is 488 g/mol. The van der Waals surface area contributed by atoms with Crippen LogP contribution in [-0.2, 0) is 17.8 Å². The number of amides is 1. The minimum absolute atomic E-state index is 0.0521. The van der Waals surface area contributed by atoms with E-state index in [9.17, 15) is 9.59 Å². The van der Waals surface area contributed by atoms with Crippen LogP contribution in [0.15, 0.2) is 52.4 Å². The van der Waals surface area contributed by atoms with E-state index < -0.39 is 0 Å². The zero-order valence-corrected chi connectivity index (χ0v) is 22.7. The van der Waals surface area contributed by atoms with Gasteiger partial charge in [0.25, 0.3) is 5.56 Å². The Kier molecular flexibility index (Phi) is 7.01. The van der Waals surface area contributed by atoms with Gasteiger partial charge in [0.05, 0.1) is 16.8 Å². The number of carbonyl (C=O) groups is 1. The number of thioether (sulfide) groups is 1. The third-order valence-corrected chi connectivity index (χ3v) is 8.71. The molecule has 1 N–H and O–H groups in total. The van der Waals surface area contributed by atoms with Crippen molar-refractivity contribution in [2.45, 2.75) is 45.8 Å². The van der Waals surface area contributed by atoms with E-state index >= 15 is 0 Å². The Morgan fingerprint density at radius 2 is 1.86 bits per heavy atom. The van der Waals surface area contributed by atoms with Crippen LogP contribution >= 0.6 is 23.1 Å². The smallest absolute Gasteiger partial charge is 0.267 e. The zero-order chi connectivity index (χ0) is 25.4. The van der Waals surface area contributed by atoms with Gasteiger partial charge in [-0.2, -0.15) is 0 Å². The van der Waals surface area contributed by atoms with Crippen molar-refractivity contribution in [1.29, 1.82) is 0 Å². The van der Waals surface area contributed by atoms with E-state index in [1.807, 2.05) is 63.2 Å². The van der Waals surface area contributed by atoms with E-state index in [0.717, 1.165) is 69.9 Å². The lowest BCUT2D eigenvalue weighted by Gasteiger charge is -2.25. The maximum absolute atomic E-state index is 13.9. The Balaban J connectivity index is 1.52. The highest BCUT2D eigenvalue weighted by Crippen LogP contribution is 2.34. The highest BCUT2D eigenvalue weighted by molar-refractivity contribution is 7.99. The normalized spacial score (nSPS) is 13.7. The highest BCUT2D eigenvalue weighted by atomic mass is 32.2. The second-order valence-corrected chi connectivity index (χ2v) is 11.4. The molecule has 0 spiro atoms. The Morgan fingerprint density at radius 1 is 1.11 bits per heavy atom. The van der Waals surface area contributed by atoms with Crippen LogP contribution in [0.3, 0.4) is 0 Å². The molecule has 1 aliphatic heterocycles. The molecule has 0 saturated carbocycles. The molecule has 0 bridgehead atoms. The molecule has 36 heavy (non-hydrogen) atoms. The lowest BCUT2D eigenvalue weighted by atomic mass is 10.1. The quantitative estimate of drug-likeness (QED) is 0.270. The maximum atomic E-state index is 13.9. The first kappa shape index (κ1) is 24.7. The fourth-order valence-corrected chi connectivity index (χ4v) is 6.67. The summed E-state index contributed by atoms with van der Waals surface area (Å²) in [5, 5.41) is 4.29. The molecule has 186 valence electrons. The van der Waals surface area contributed by atoms with E-state index in [1.165, 1.54) is 16.6 Å². The van der Waals surface area contributed by atoms with Crippen LogP contribution in [0.2, 0.25) is 0 Å². The summed E-state index contributed by atoms with van der Waals surface area (Å²) in [7, 11) is 0. The lowest BCUT2D eigenvalue weighted by Crippen LogP contribution is -2.30. The van der Waals surface area contributed by atoms with Gasteiger partial charge >= 0.3 is 0 Å². The third kappa shape index (κ3) is 4.85. The number of fused-ring (bicyclic) bond motifs is 3. The van der Waals surface area contributed by atoms with Crippen LogP contribution in [0.1, 0.15) is 34.1 Å². The Labute approximate surface area is 219 Å². The summed E-state index contributed by atoms with van der Waals surface area (Å²) in [6.45, 7) is 11.0. The second-order valence-electron chi connectivity index (χ2n) is 9.33. The van der Waals surface area contributed by atoms with Crippen LogP contribution in [0.4, 0.5) is 5.69 Å². The molecule has 8 heteroatoms. The van der Waals surface area contributed by atoms with Crippen LogP contribution in [0.5, 0.6) is 0 Å². The van der Waals surface area contributed by atoms with Crippen LogP contribution in [-0.4, -0.2) is 39.2 Å². The van der Waals surface area contributed by atoms with Crippen molar-refractivity contribution in [3.05, 3.63) is 79.9 Å². The highest BCUT2D eigenvalue weighted by Gasteiger charge is 2.25. The minimum Gasteiger partial charge on any atom is -0.325 e. The standard InChI is InChI=1S/C28H30N4O2S2/c1-5-31-13-12-21-23(15-31)36-26-25(21)27(34)32(20-10-7-17(2)8-11-20)28(30-26)35-16-24(33)29-22-14-18(3)6-9-19(22)4/h6-11,14H,5,12-13,15-16H2,1-4H3,(H,29,33). The summed E-state index contributed by atoms with van der Waals surface area (Å²) in [5.74, 6) is 0.0360. The van der Waals surface area contributed by atoms with Crippen molar-refractivity contribution in [2.75, 3.05) is 24.2 Å². The second kappa shape index (κ2) is 10.2. The van der Waals surface area contributed by atoms with Gasteiger partial charge in [-0.05, 0) is 68.6 Å². The molecule has 0 saturated heterocycles. The van der Waals surface area contributed by atoms with Crippen molar-refractivity contribution in [2.24, 2.45) is 0 Å². The van der Waals surface area contributed by atoms with Gasteiger partial charge in [-0.3, -0.25) is 19.1 Å². The van der Waals surface area contributed by atoms with Crippen molar-refractivity contribution in [3.8, 4) is 5.69 Å². The molecule has 1 amide bonds. The van der Waals surface area contributed by atoms with E-state index in [1.54, 1.807) is 15.9 Å². The van der Waals surface area contributed by atoms with Gasteiger partial charge in [-0.25, -0.2) is 4.98 Å². The number of thiophene rings is 1. The molecule has 0 unspecified atom stereocenters. The number of hydrogen-bond acceptors (Lipinski definition) is 6. The largest absolute Gasteiger partial charge is 0.325 e. The van der Waals surface area contributed by atoms with Crippen LogP contribution in [0.25, 0.3) is 15.9 Å². The van der Waals surface area contributed by atoms with Crippen LogP contribution in [0, 0.1) is 20.8 Å². The summed E-state index contributed by atoms with van der Waals surface area (Å²) in [5.41, 5.74) is 5.89. The number of nitrogens with one attached hydrogen (secondary N) is 1. The Hall–Kier alpha value is -2.94. The van der Waals surface area contributed by atoms with E-state index in [-0.39, 0.29) is 17.2 Å². The number of rotatable bonds is 6. The predicted molar refractivity (Wildman–Crippen MR) is 150 cm³/mol. The maximum Gasteiger partial charge on any atom is 0.267 e. The molecule has 4 aromatic rings. The lowest BCUT2D eigenvalue weighted by molar-refractivity contribution is -0.113. The average Bonchev–Trinajstić information content (AvgIpc) is 3.23. The molecule has 2 aromatic carbocycles. The third-order valence-electron chi connectivity index (χ3n) is 6.66. The van der Waals surface area contributed by atoms with Crippen molar-refractivity contribution >= 4 is 44.9 Å². The van der Waals surface area contributed by atoms with Gasteiger partial charge in [0, 0.05) is 23.7 Å². The van der Waals surface area contributed by atoms with Gasteiger partial charge in [0.2, 0.25) is 5.91 Å². The molecule has 5 rings (SSSR count). The van der Waals surface area contributed by atoms with Gasteiger partial charge in [-0.1, -0.05) is 48.5 Å². The first-order valence-corrected chi connectivity index (χ1v) is 14.0. The first-order chi connectivity index (χ1) is 17.3. The van der Waals surface area contributed by atoms with Crippen molar-refractivity contribution in [1.82, 2.24) is 14.5 Å². The summed E-state index contributed by atoms with van der Waals surface area (Å²) >= 11 is 2.91. The average molecular weight is 519 g/mol.